The topological polar surface area (TPSA) is 59.1 Å². The monoisotopic (exact) mass is 322 g/mol. The van der Waals surface area contributed by atoms with Gasteiger partial charge in [0.1, 0.15) is 10.0 Å². The van der Waals surface area contributed by atoms with E-state index < -0.39 is 10.0 Å². The SMILES string of the molecule is CC1(C)C(NS(=O)(=O)c2cnc(Cl)c(Cl)c2)C1(C)C. The van der Waals surface area contributed by atoms with E-state index in [4.69, 9.17) is 23.2 Å². The summed E-state index contributed by atoms with van der Waals surface area (Å²) in [6.45, 7) is 8.14. The molecule has 0 unspecified atom stereocenters. The van der Waals surface area contributed by atoms with Crippen LogP contribution in [0, 0.1) is 10.8 Å². The molecular weight excluding hydrogens is 307 g/mol. The molecule has 0 aliphatic heterocycles. The van der Waals surface area contributed by atoms with Crippen LogP contribution in [-0.4, -0.2) is 19.4 Å². The lowest BCUT2D eigenvalue weighted by atomic mass is 10.0. The summed E-state index contributed by atoms with van der Waals surface area (Å²) in [5.74, 6) is 0. The van der Waals surface area contributed by atoms with E-state index in [2.05, 4.69) is 9.71 Å². The van der Waals surface area contributed by atoms with Crippen molar-refractivity contribution in [3.63, 3.8) is 0 Å². The first-order valence-corrected chi connectivity index (χ1v) is 8.07. The van der Waals surface area contributed by atoms with Gasteiger partial charge in [0.25, 0.3) is 0 Å². The van der Waals surface area contributed by atoms with Crippen molar-refractivity contribution in [1.82, 2.24) is 9.71 Å². The normalized spacial score (nSPS) is 21.4. The first-order chi connectivity index (χ1) is 8.50. The van der Waals surface area contributed by atoms with E-state index in [0.717, 1.165) is 0 Å². The van der Waals surface area contributed by atoms with Gasteiger partial charge in [-0.1, -0.05) is 50.9 Å². The van der Waals surface area contributed by atoms with Crippen LogP contribution in [-0.2, 0) is 10.0 Å². The van der Waals surface area contributed by atoms with Gasteiger partial charge in [0.15, 0.2) is 0 Å². The molecule has 0 amide bonds. The molecule has 2 rings (SSSR count). The second kappa shape index (κ2) is 4.32. The Kier molecular flexibility index (Phi) is 3.42. The highest BCUT2D eigenvalue weighted by Gasteiger charge is 2.66. The van der Waals surface area contributed by atoms with Crippen LogP contribution in [0.3, 0.4) is 0 Å². The molecule has 0 bridgehead atoms. The maximum absolute atomic E-state index is 12.3. The molecule has 7 heteroatoms. The van der Waals surface area contributed by atoms with Gasteiger partial charge in [-0.2, -0.15) is 0 Å². The molecular formula is C12H16Cl2N2O2S. The first-order valence-electron chi connectivity index (χ1n) is 5.83. The Hall–Kier alpha value is -0.360. The largest absolute Gasteiger partial charge is 0.242 e. The van der Waals surface area contributed by atoms with Gasteiger partial charge in [0, 0.05) is 12.2 Å². The quantitative estimate of drug-likeness (QED) is 0.870. The molecule has 19 heavy (non-hydrogen) atoms. The van der Waals surface area contributed by atoms with Crippen LogP contribution in [0.25, 0.3) is 0 Å². The third-order valence-electron chi connectivity index (χ3n) is 4.38. The summed E-state index contributed by atoms with van der Waals surface area (Å²) in [5, 5.41) is 0.214. The third-order valence-corrected chi connectivity index (χ3v) is 6.45. The predicted octanol–water partition coefficient (Wildman–Crippen LogP) is 3.10. The summed E-state index contributed by atoms with van der Waals surface area (Å²) in [5.41, 5.74) is -0.159. The molecule has 1 N–H and O–H groups in total. The van der Waals surface area contributed by atoms with Crippen molar-refractivity contribution >= 4 is 33.2 Å². The highest BCUT2D eigenvalue weighted by Crippen LogP contribution is 2.62. The number of sulfonamides is 1. The minimum atomic E-state index is -3.63. The predicted molar refractivity (Wildman–Crippen MR) is 75.9 cm³/mol. The van der Waals surface area contributed by atoms with Crippen molar-refractivity contribution < 1.29 is 8.42 Å². The van der Waals surface area contributed by atoms with E-state index in [-0.39, 0.29) is 31.9 Å². The highest BCUT2D eigenvalue weighted by molar-refractivity contribution is 7.89. The summed E-state index contributed by atoms with van der Waals surface area (Å²) in [6, 6.07) is 1.20. The van der Waals surface area contributed by atoms with Crippen molar-refractivity contribution in [3.05, 3.63) is 22.4 Å². The molecule has 0 spiro atoms. The van der Waals surface area contributed by atoms with E-state index in [1.807, 2.05) is 27.7 Å². The number of rotatable bonds is 3. The molecule has 1 aromatic heterocycles. The number of pyridine rings is 1. The molecule has 0 atom stereocenters. The maximum Gasteiger partial charge on any atom is 0.242 e. The highest BCUT2D eigenvalue weighted by atomic mass is 35.5. The van der Waals surface area contributed by atoms with Crippen LogP contribution in [0.15, 0.2) is 17.2 Å². The second-order valence-corrected chi connectivity index (χ2v) is 8.42. The lowest BCUT2D eigenvalue weighted by Gasteiger charge is -2.08. The molecule has 1 fully saturated rings. The van der Waals surface area contributed by atoms with E-state index in [1.165, 1.54) is 12.3 Å². The number of halogens is 2. The molecule has 0 saturated heterocycles. The summed E-state index contributed by atoms with van der Waals surface area (Å²) < 4.78 is 27.2. The number of nitrogens with one attached hydrogen (secondary N) is 1. The first kappa shape index (κ1) is 15.0. The molecule has 106 valence electrons. The van der Waals surface area contributed by atoms with Crippen LogP contribution in [0.5, 0.6) is 0 Å². The van der Waals surface area contributed by atoms with E-state index in [0.29, 0.717) is 0 Å². The fraction of sp³-hybridized carbons (Fsp3) is 0.583. The van der Waals surface area contributed by atoms with Crippen molar-refractivity contribution in [2.24, 2.45) is 10.8 Å². The zero-order chi connectivity index (χ0) is 14.6. The standard InChI is InChI=1S/C12H16Cl2N2O2S/c1-11(2)10(12(11,3)4)16-19(17,18)7-5-8(13)9(14)15-6-7/h5-6,10,16H,1-4H3. The van der Waals surface area contributed by atoms with Crippen LogP contribution < -0.4 is 4.72 Å². The van der Waals surface area contributed by atoms with Crippen LogP contribution in [0.4, 0.5) is 0 Å². The fourth-order valence-corrected chi connectivity index (χ4v) is 4.10. The van der Waals surface area contributed by atoms with Gasteiger partial charge in [0.2, 0.25) is 10.0 Å². The van der Waals surface area contributed by atoms with Gasteiger partial charge in [-0.25, -0.2) is 18.1 Å². The summed E-state index contributed by atoms with van der Waals surface area (Å²) in [6.07, 6.45) is 1.21. The summed E-state index contributed by atoms with van der Waals surface area (Å²) >= 11 is 11.5. The minimum absolute atomic E-state index is 0.0281. The Bertz CT molecular complexity index is 613. The average molecular weight is 323 g/mol. The van der Waals surface area contributed by atoms with Gasteiger partial charge in [-0.05, 0) is 16.9 Å². The third kappa shape index (κ3) is 2.37. The van der Waals surface area contributed by atoms with Gasteiger partial charge < -0.3 is 0 Å². The van der Waals surface area contributed by atoms with Crippen molar-refractivity contribution in [1.29, 1.82) is 0 Å². The smallest absolute Gasteiger partial charge is 0.242 e. The van der Waals surface area contributed by atoms with Crippen molar-refractivity contribution in [2.75, 3.05) is 0 Å². The van der Waals surface area contributed by atoms with Crippen LogP contribution in [0.2, 0.25) is 10.2 Å². The van der Waals surface area contributed by atoms with Crippen molar-refractivity contribution in [2.45, 2.75) is 38.6 Å². The van der Waals surface area contributed by atoms with Crippen LogP contribution in [0.1, 0.15) is 27.7 Å². The second-order valence-electron chi connectivity index (χ2n) is 5.94. The van der Waals surface area contributed by atoms with Gasteiger partial charge in [0.05, 0.1) is 5.02 Å². The van der Waals surface area contributed by atoms with E-state index in [9.17, 15) is 8.42 Å². The number of nitrogens with zero attached hydrogens (tertiary/aromatic N) is 1. The van der Waals surface area contributed by atoms with E-state index >= 15 is 0 Å². The van der Waals surface area contributed by atoms with Gasteiger partial charge in [-0.15, -0.1) is 0 Å². The Morgan fingerprint density at radius 2 is 1.74 bits per heavy atom. The molecule has 1 aliphatic rings. The number of hydrogen-bond acceptors (Lipinski definition) is 3. The Labute approximate surface area is 123 Å². The Morgan fingerprint density at radius 1 is 1.21 bits per heavy atom. The summed E-state index contributed by atoms with van der Waals surface area (Å²) in [4.78, 5) is 3.79. The maximum atomic E-state index is 12.3. The molecule has 1 heterocycles. The molecule has 1 aromatic rings. The Balaban J connectivity index is 2.28. The molecule has 1 aliphatic carbocycles. The molecule has 0 aromatic carbocycles. The molecule has 0 radical (unpaired) electrons. The van der Waals surface area contributed by atoms with Gasteiger partial charge in [-0.3, -0.25) is 0 Å². The average Bonchev–Trinajstić information content (AvgIpc) is 2.64. The number of hydrogen-bond donors (Lipinski definition) is 1. The lowest BCUT2D eigenvalue weighted by Crippen LogP contribution is -2.30. The van der Waals surface area contributed by atoms with Gasteiger partial charge >= 0.3 is 0 Å². The lowest BCUT2D eigenvalue weighted by molar-refractivity contribution is 0.457. The summed E-state index contributed by atoms with van der Waals surface area (Å²) in [7, 11) is -3.63. The van der Waals surface area contributed by atoms with Crippen LogP contribution >= 0.6 is 23.2 Å². The zero-order valence-electron chi connectivity index (χ0n) is 11.2. The minimum Gasteiger partial charge on any atom is -0.242 e. The number of aromatic nitrogens is 1. The Morgan fingerprint density at radius 3 is 2.16 bits per heavy atom. The molecule has 1 saturated carbocycles. The van der Waals surface area contributed by atoms with Crippen molar-refractivity contribution in [3.8, 4) is 0 Å². The fourth-order valence-electron chi connectivity index (χ4n) is 2.26. The van der Waals surface area contributed by atoms with E-state index in [1.54, 1.807) is 0 Å². The molecule has 4 nitrogen and oxygen atoms in total. The zero-order valence-corrected chi connectivity index (χ0v) is 13.5.